The lowest BCUT2D eigenvalue weighted by molar-refractivity contribution is 0.0506. The summed E-state index contributed by atoms with van der Waals surface area (Å²) in [7, 11) is 0. The Bertz CT molecular complexity index is 1870. The molecular weight excluding hydrogens is 637 g/mol. The number of rotatable bonds is 10. The van der Waals surface area contributed by atoms with Gasteiger partial charge in [0.1, 0.15) is 0 Å². The summed E-state index contributed by atoms with van der Waals surface area (Å²) in [4.78, 5) is 24.4. The summed E-state index contributed by atoms with van der Waals surface area (Å²) in [6, 6.07) is 30.4. The van der Waals surface area contributed by atoms with Crippen LogP contribution in [-0.2, 0) is 17.8 Å². The van der Waals surface area contributed by atoms with Crippen LogP contribution >= 0.6 is 0 Å². The molecule has 2 N–H and O–H groups in total. The average molecular weight is 685 g/mol. The normalized spacial score (nSPS) is 14.5. The summed E-state index contributed by atoms with van der Waals surface area (Å²) >= 11 is 0. The molecule has 3 aliphatic carbocycles. The molecule has 264 valence electrons. The van der Waals surface area contributed by atoms with Crippen LogP contribution in [0, 0.1) is 17.8 Å². The minimum absolute atomic E-state index is 0.338. The number of hydrogen-bond donors (Lipinski definition) is 1. The van der Waals surface area contributed by atoms with Crippen LogP contribution < -0.4 is 5.73 Å². The highest BCUT2D eigenvalue weighted by atomic mass is 16.5. The van der Waals surface area contributed by atoms with Crippen molar-refractivity contribution in [1.29, 1.82) is 0 Å². The average Bonchev–Trinajstić information content (AvgIpc) is 4.15. The third-order valence-corrected chi connectivity index (χ3v) is 8.98. The molecule has 0 radical (unpaired) electrons. The van der Waals surface area contributed by atoms with Crippen LogP contribution in [-0.4, -0.2) is 43.2 Å². The number of imidazole rings is 2. The van der Waals surface area contributed by atoms with E-state index >= 15 is 0 Å². The third kappa shape index (κ3) is 10.9. The van der Waals surface area contributed by atoms with E-state index in [-0.39, 0.29) is 5.97 Å². The Morgan fingerprint density at radius 2 is 1.29 bits per heavy atom. The molecule has 0 aliphatic heterocycles. The number of aromatic nitrogens is 5. The Hall–Kier alpha value is -5.28. The van der Waals surface area contributed by atoms with E-state index in [1.165, 1.54) is 56.2 Å². The maximum Gasteiger partial charge on any atom is 0.374 e. The van der Waals surface area contributed by atoms with Crippen molar-refractivity contribution in [3.63, 3.8) is 0 Å². The van der Waals surface area contributed by atoms with Crippen LogP contribution in [0.2, 0.25) is 0 Å². The summed E-state index contributed by atoms with van der Waals surface area (Å²) in [6.07, 6.45) is 16.8. The smallest absolute Gasteiger partial charge is 0.374 e. The predicted octanol–water partition coefficient (Wildman–Crippen LogP) is 8.79. The van der Waals surface area contributed by atoms with Gasteiger partial charge in [0.2, 0.25) is 5.82 Å². The first-order valence-electron chi connectivity index (χ1n) is 18.1. The van der Waals surface area contributed by atoms with Gasteiger partial charge < -0.3 is 24.0 Å². The molecule has 9 nitrogen and oxygen atoms in total. The highest BCUT2D eigenvalue weighted by Gasteiger charge is 2.27. The van der Waals surface area contributed by atoms with E-state index < -0.39 is 0 Å². The number of ether oxygens (including phenoxy) is 1. The lowest BCUT2D eigenvalue weighted by Crippen LogP contribution is -2.15. The molecule has 3 fully saturated rings. The van der Waals surface area contributed by atoms with Gasteiger partial charge in [0, 0.05) is 18.7 Å². The molecule has 3 aliphatic rings. The second-order valence-corrected chi connectivity index (χ2v) is 13.3. The van der Waals surface area contributed by atoms with Gasteiger partial charge in [-0.05, 0) is 80.9 Å². The maximum atomic E-state index is 12.0. The quantitative estimate of drug-likeness (QED) is 0.144. The maximum absolute atomic E-state index is 12.0. The number of benzene rings is 3. The van der Waals surface area contributed by atoms with E-state index in [4.69, 9.17) is 14.9 Å². The van der Waals surface area contributed by atoms with Crippen molar-refractivity contribution in [3.05, 3.63) is 128 Å². The molecule has 6 aromatic rings. The van der Waals surface area contributed by atoms with Gasteiger partial charge in [-0.2, -0.15) is 0 Å². The number of nitrogens with zero attached hydrogens (tertiary/aromatic N) is 5. The van der Waals surface area contributed by atoms with Gasteiger partial charge in [-0.1, -0.05) is 91.0 Å². The number of nitrogens with two attached hydrogens (primary N) is 1. The predicted molar refractivity (Wildman–Crippen MR) is 200 cm³/mol. The summed E-state index contributed by atoms with van der Waals surface area (Å²) < 4.78 is 14.5. The molecule has 3 aromatic heterocycles. The fourth-order valence-electron chi connectivity index (χ4n) is 5.53. The van der Waals surface area contributed by atoms with E-state index in [0.717, 1.165) is 54.1 Å². The highest BCUT2D eigenvalue weighted by molar-refractivity contribution is 5.86. The van der Waals surface area contributed by atoms with E-state index in [1.807, 2.05) is 90.7 Å². The minimum atomic E-state index is -0.338. The molecule has 0 unspecified atom stereocenters. The van der Waals surface area contributed by atoms with Gasteiger partial charge >= 0.3 is 5.97 Å². The number of carbonyl (C=O) groups is 1. The van der Waals surface area contributed by atoms with E-state index in [9.17, 15) is 4.79 Å². The summed E-state index contributed by atoms with van der Waals surface area (Å²) in [5, 5.41) is 0. The SMILES string of the molecule is CCOC(=O)c1ncc(-c2ccccc2)n1CC1CC1.NCC1CC1.c1ccc(-c2cncn2CC2CC2)cc1.c1ccc(-c2cnco2)cc1. The Labute approximate surface area is 300 Å². The zero-order chi connectivity index (χ0) is 35.3. The lowest BCUT2D eigenvalue weighted by Gasteiger charge is -2.11. The summed E-state index contributed by atoms with van der Waals surface area (Å²) in [5.41, 5.74) is 10.9. The molecule has 0 amide bonds. The van der Waals surface area contributed by atoms with Crippen molar-refractivity contribution in [2.75, 3.05) is 13.2 Å². The van der Waals surface area contributed by atoms with Crippen LogP contribution in [0.25, 0.3) is 33.8 Å². The Morgan fingerprint density at radius 1 is 0.725 bits per heavy atom. The van der Waals surface area contributed by atoms with Crippen LogP contribution in [0.15, 0.2) is 127 Å². The van der Waals surface area contributed by atoms with Gasteiger partial charge in [-0.3, -0.25) is 0 Å². The molecular formula is C42H48N6O3. The van der Waals surface area contributed by atoms with Gasteiger partial charge in [0.15, 0.2) is 12.2 Å². The molecule has 0 atom stereocenters. The monoisotopic (exact) mass is 684 g/mol. The van der Waals surface area contributed by atoms with Crippen molar-refractivity contribution in [1.82, 2.24) is 24.1 Å². The van der Waals surface area contributed by atoms with Crippen molar-refractivity contribution < 1.29 is 13.9 Å². The largest absolute Gasteiger partial charge is 0.460 e. The first-order chi connectivity index (χ1) is 25.1. The fraction of sp³-hybridized carbons (Fsp3) is 0.333. The van der Waals surface area contributed by atoms with Crippen LogP contribution in [0.1, 0.15) is 56.1 Å². The van der Waals surface area contributed by atoms with Crippen molar-refractivity contribution in [2.24, 2.45) is 23.5 Å². The van der Waals surface area contributed by atoms with Crippen LogP contribution in [0.5, 0.6) is 0 Å². The van der Waals surface area contributed by atoms with Gasteiger partial charge in [-0.25, -0.2) is 19.7 Å². The summed E-state index contributed by atoms with van der Waals surface area (Å²) in [5.74, 6) is 3.36. The second-order valence-electron chi connectivity index (χ2n) is 13.3. The molecule has 3 heterocycles. The number of hydrogen-bond acceptors (Lipinski definition) is 7. The van der Waals surface area contributed by atoms with Crippen molar-refractivity contribution >= 4 is 5.97 Å². The molecule has 0 bridgehead atoms. The third-order valence-electron chi connectivity index (χ3n) is 8.98. The minimum Gasteiger partial charge on any atom is -0.460 e. The molecule has 51 heavy (non-hydrogen) atoms. The zero-order valence-electron chi connectivity index (χ0n) is 29.4. The summed E-state index contributed by atoms with van der Waals surface area (Å²) in [6.45, 7) is 5.07. The number of carbonyl (C=O) groups excluding carboxylic acids is 1. The first-order valence-corrected chi connectivity index (χ1v) is 18.1. The molecule has 3 aromatic carbocycles. The van der Waals surface area contributed by atoms with E-state index in [1.54, 1.807) is 12.4 Å². The molecule has 0 saturated heterocycles. The van der Waals surface area contributed by atoms with Gasteiger partial charge in [0.25, 0.3) is 0 Å². The fourth-order valence-corrected chi connectivity index (χ4v) is 5.53. The first kappa shape index (κ1) is 35.5. The highest BCUT2D eigenvalue weighted by Crippen LogP contribution is 2.34. The van der Waals surface area contributed by atoms with Crippen molar-refractivity contribution in [2.45, 2.75) is 58.5 Å². The Kier molecular flexibility index (Phi) is 12.6. The number of oxazole rings is 1. The lowest BCUT2D eigenvalue weighted by atomic mass is 10.1. The zero-order valence-corrected chi connectivity index (χ0v) is 29.4. The van der Waals surface area contributed by atoms with Gasteiger partial charge in [0.05, 0.1) is 42.9 Å². The standard InChI is InChI=1S/C16H18N2O2.C13H14N2.C9H7NO.C4H9N/c1-2-20-16(19)15-17-10-14(13-6-4-3-5-7-13)18(15)11-12-8-9-12;1-2-4-12(5-3-1)13-8-14-10-15(13)9-11-6-7-11;1-2-4-8(5-3-1)9-6-10-7-11-9;5-3-4-1-2-4/h3-7,10,12H,2,8-9,11H2,1H3;1-5,8,10-11H,6-7,9H2;1-7H;4H,1-3,5H2. The Morgan fingerprint density at radius 3 is 1.80 bits per heavy atom. The topological polar surface area (TPSA) is 114 Å². The van der Waals surface area contributed by atoms with Crippen molar-refractivity contribution in [3.8, 4) is 33.8 Å². The van der Waals surface area contributed by atoms with E-state index in [0.29, 0.717) is 18.3 Å². The number of esters is 1. The van der Waals surface area contributed by atoms with E-state index in [2.05, 4.69) is 43.8 Å². The van der Waals surface area contributed by atoms with Crippen LogP contribution in [0.4, 0.5) is 0 Å². The van der Waals surface area contributed by atoms with Crippen LogP contribution in [0.3, 0.4) is 0 Å². The Balaban J connectivity index is 0.000000127. The molecule has 3 saturated carbocycles. The molecule has 9 heteroatoms. The van der Waals surface area contributed by atoms with Gasteiger partial charge in [-0.15, -0.1) is 0 Å². The molecule has 9 rings (SSSR count). The molecule has 0 spiro atoms. The second kappa shape index (κ2) is 18.1.